The number of methoxy groups -OCH3 is 2. The Balaban J connectivity index is 1.72. The van der Waals surface area contributed by atoms with Crippen LogP contribution in [0.15, 0.2) is 12.1 Å². The Morgan fingerprint density at radius 2 is 2.00 bits per heavy atom. The first-order chi connectivity index (χ1) is 15.0. The highest BCUT2D eigenvalue weighted by molar-refractivity contribution is 5.98. The number of ether oxygens (including phenoxy) is 5. The fourth-order valence-corrected chi connectivity index (χ4v) is 4.96. The number of carbonyl (C=O) groups excluding carboxylic acids is 1. The molecule has 0 aromatic heterocycles. The average molecular weight is 428 g/mol. The molecule has 0 unspecified atom stereocenters. The van der Waals surface area contributed by atoms with Gasteiger partial charge in [0.2, 0.25) is 6.79 Å². The fraction of sp³-hybridized carbons (Fsp3) is 0.409. The van der Waals surface area contributed by atoms with Gasteiger partial charge >= 0.3 is 5.97 Å². The van der Waals surface area contributed by atoms with Crippen LogP contribution in [0, 0.1) is 0 Å². The van der Waals surface area contributed by atoms with Crippen molar-refractivity contribution in [3.05, 3.63) is 39.9 Å². The third-order valence-electron chi connectivity index (χ3n) is 6.36. The molecule has 3 aliphatic rings. The summed E-state index contributed by atoms with van der Waals surface area (Å²) < 4.78 is 27.9. The van der Waals surface area contributed by atoms with Crippen molar-refractivity contribution in [2.24, 2.45) is 0 Å². The van der Waals surface area contributed by atoms with E-state index in [0.717, 1.165) is 11.1 Å². The van der Waals surface area contributed by atoms with Crippen LogP contribution in [0.4, 0.5) is 5.69 Å². The van der Waals surface area contributed by atoms with Gasteiger partial charge in [-0.1, -0.05) is 6.07 Å². The molecule has 2 aromatic carbocycles. The van der Waals surface area contributed by atoms with Gasteiger partial charge < -0.3 is 34.5 Å². The smallest absolute Gasteiger partial charge is 0.343 e. The molecule has 0 bridgehead atoms. The van der Waals surface area contributed by atoms with E-state index in [1.54, 1.807) is 6.07 Å². The van der Waals surface area contributed by atoms with Gasteiger partial charge in [0, 0.05) is 17.7 Å². The lowest BCUT2D eigenvalue weighted by Gasteiger charge is -2.39. The molecular weight excluding hydrogens is 404 g/mol. The van der Waals surface area contributed by atoms with Gasteiger partial charge in [-0.15, -0.1) is 0 Å². The van der Waals surface area contributed by atoms with Crippen molar-refractivity contribution in [2.75, 3.05) is 40.3 Å². The molecule has 5 rings (SSSR count). The van der Waals surface area contributed by atoms with E-state index in [2.05, 4.69) is 4.90 Å². The van der Waals surface area contributed by atoms with Crippen molar-refractivity contribution >= 4 is 11.7 Å². The number of nitrogen functional groups attached to an aromatic ring is 1. The summed E-state index contributed by atoms with van der Waals surface area (Å²) in [5.74, 6) is 1.26. The van der Waals surface area contributed by atoms with E-state index in [1.807, 2.05) is 13.1 Å². The lowest BCUT2D eigenvalue weighted by atomic mass is 9.82. The number of esters is 1. The minimum absolute atomic E-state index is 0.0498. The molecule has 0 amide bonds. The first-order valence-corrected chi connectivity index (χ1v) is 10.0. The third kappa shape index (κ3) is 2.66. The van der Waals surface area contributed by atoms with E-state index in [0.29, 0.717) is 58.3 Å². The van der Waals surface area contributed by atoms with Crippen LogP contribution in [0.5, 0.6) is 23.0 Å². The molecule has 2 aromatic rings. The Hall–Kier alpha value is -3.17. The normalized spacial score (nSPS) is 21.5. The monoisotopic (exact) mass is 428 g/mol. The molecule has 0 saturated heterocycles. The van der Waals surface area contributed by atoms with Crippen LogP contribution in [-0.4, -0.2) is 50.6 Å². The van der Waals surface area contributed by atoms with Crippen LogP contribution in [0.25, 0.3) is 0 Å². The highest BCUT2D eigenvalue weighted by Gasteiger charge is 2.46. The van der Waals surface area contributed by atoms with Crippen LogP contribution < -0.4 is 24.7 Å². The maximum atomic E-state index is 12.9. The SMILES string of the molecule is COc1ccc2c(c1OC)C(=O)O[C@@H]2[C@H]1c2c(c(N)c3c(c2CO)OCO3)CCN1C. The topological polar surface area (TPSA) is 113 Å². The maximum Gasteiger partial charge on any atom is 0.343 e. The van der Waals surface area contributed by atoms with Gasteiger partial charge in [-0.05, 0) is 30.7 Å². The summed E-state index contributed by atoms with van der Waals surface area (Å²) >= 11 is 0. The molecule has 31 heavy (non-hydrogen) atoms. The molecule has 0 saturated carbocycles. The molecule has 9 heteroatoms. The second-order valence-corrected chi connectivity index (χ2v) is 7.77. The summed E-state index contributed by atoms with van der Waals surface area (Å²) in [5, 5.41) is 10.3. The Kier molecular flexibility index (Phi) is 4.60. The van der Waals surface area contributed by atoms with Crippen molar-refractivity contribution < 1.29 is 33.6 Å². The van der Waals surface area contributed by atoms with E-state index in [9.17, 15) is 9.90 Å². The Bertz CT molecular complexity index is 1080. The third-order valence-corrected chi connectivity index (χ3v) is 6.36. The van der Waals surface area contributed by atoms with Crippen LogP contribution in [0.3, 0.4) is 0 Å². The molecule has 2 atom stereocenters. The van der Waals surface area contributed by atoms with E-state index in [-0.39, 0.29) is 19.4 Å². The number of benzene rings is 2. The van der Waals surface area contributed by atoms with Crippen molar-refractivity contribution in [3.63, 3.8) is 0 Å². The van der Waals surface area contributed by atoms with E-state index in [4.69, 9.17) is 29.4 Å². The summed E-state index contributed by atoms with van der Waals surface area (Å²) in [5.41, 5.74) is 10.3. The quantitative estimate of drug-likeness (QED) is 0.557. The summed E-state index contributed by atoms with van der Waals surface area (Å²) in [6.45, 7) is 0.495. The van der Waals surface area contributed by atoms with Crippen LogP contribution in [0.1, 0.15) is 44.8 Å². The van der Waals surface area contributed by atoms with Gasteiger partial charge in [-0.2, -0.15) is 0 Å². The van der Waals surface area contributed by atoms with Crippen molar-refractivity contribution in [1.29, 1.82) is 0 Å². The second-order valence-electron chi connectivity index (χ2n) is 7.77. The highest BCUT2D eigenvalue weighted by atomic mass is 16.7. The van der Waals surface area contributed by atoms with Crippen molar-refractivity contribution in [3.8, 4) is 23.0 Å². The fourth-order valence-electron chi connectivity index (χ4n) is 4.96. The zero-order chi connectivity index (χ0) is 21.9. The van der Waals surface area contributed by atoms with Gasteiger partial charge in [0.25, 0.3) is 0 Å². The molecule has 0 spiro atoms. The first kappa shape index (κ1) is 19.8. The molecule has 3 heterocycles. The molecular formula is C22H24N2O7. The van der Waals surface area contributed by atoms with Crippen LogP contribution >= 0.6 is 0 Å². The number of hydrogen-bond acceptors (Lipinski definition) is 9. The van der Waals surface area contributed by atoms with E-state index in [1.165, 1.54) is 14.2 Å². The van der Waals surface area contributed by atoms with Gasteiger partial charge in [-0.3, -0.25) is 4.90 Å². The first-order valence-electron chi connectivity index (χ1n) is 10.0. The van der Waals surface area contributed by atoms with Crippen molar-refractivity contribution in [2.45, 2.75) is 25.2 Å². The number of rotatable bonds is 4. The maximum absolute atomic E-state index is 12.9. The number of nitrogens with two attached hydrogens (primary N) is 1. The Morgan fingerprint density at radius 1 is 1.23 bits per heavy atom. The summed E-state index contributed by atoms with van der Waals surface area (Å²) in [7, 11) is 4.97. The number of carbonyl (C=O) groups is 1. The molecule has 0 aliphatic carbocycles. The van der Waals surface area contributed by atoms with Crippen LogP contribution in [-0.2, 0) is 17.8 Å². The van der Waals surface area contributed by atoms with Gasteiger partial charge in [0.15, 0.2) is 23.0 Å². The number of aliphatic hydroxyl groups excluding tert-OH is 1. The summed E-state index contributed by atoms with van der Waals surface area (Å²) in [4.78, 5) is 15.0. The Labute approximate surface area is 179 Å². The number of nitrogens with zero attached hydrogens (tertiary/aromatic N) is 1. The number of likely N-dealkylation sites (N-methyl/N-ethyl adjacent to an activating group) is 1. The van der Waals surface area contributed by atoms with E-state index >= 15 is 0 Å². The van der Waals surface area contributed by atoms with E-state index < -0.39 is 12.1 Å². The molecule has 0 radical (unpaired) electrons. The van der Waals surface area contributed by atoms with Gasteiger partial charge in [0.1, 0.15) is 11.7 Å². The van der Waals surface area contributed by atoms with Gasteiger partial charge in [-0.25, -0.2) is 4.79 Å². The lowest BCUT2D eigenvalue weighted by molar-refractivity contribution is 0.00894. The molecule has 3 aliphatic heterocycles. The summed E-state index contributed by atoms with van der Waals surface area (Å²) in [6.07, 6.45) is 0.0634. The zero-order valence-electron chi connectivity index (χ0n) is 17.6. The number of hydrogen-bond donors (Lipinski definition) is 2. The molecule has 164 valence electrons. The van der Waals surface area contributed by atoms with Crippen molar-refractivity contribution in [1.82, 2.24) is 4.90 Å². The predicted octanol–water partition coefficient (Wildman–Crippen LogP) is 1.95. The Morgan fingerprint density at radius 3 is 2.71 bits per heavy atom. The predicted molar refractivity (Wildman–Crippen MR) is 110 cm³/mol. The standard InChI is InChI=1S/C22H24N2O7/c1-24-7-6-10-14(12(8-25)19-21(16(10)23)30-9-29-19)17(24)18-11-4-5-13(27-2)20(28-3)15(11)22(26)31-18/h4-5,17-18,25H,6-9,23H2,1-3H3/t17-,18+/m1/s1. The number of cyclic esters (lactones) is 1. The van der Waals surface area contributed by atoms with Gasteiger partial charge in [0.05, 0.1) is 32.6 Å². The van der Waals surface area contributed by atoms with Crippen LogP contribution in [0.2, 0.25) is 0 Å². The number of aliphatic hydroxyl groups is 1. The number of fused-ring (bicyclic) bond motifs is 3. The largest absolute Gasteiger partial charge is 0.493 e. The highest BCUT2D eigenvalue weighted by Crippen LogP contribution is 2.54. The molecule has 3 N–H and O–H groups in total. The minimum atomic E-state index is -0.614. The zero-order valence-corrected chi connectivity index (χ0v) is 17.6. The molecule has 9 nitrogen and oxygen atoms in total. The summed E-state index contributed by atoms with van der Waals surface area (Å²) in [6, 6.07) is 3.21. The minimum Gasteiger partial charge on any atom is -0.493 e. The molecule has 0 fully saturated rings. The number of anilines is 1. The average Bonchev–Trinajstić information content (AvgIpc) is 3.39. The lowest BCUT2D eigenvalue weighted by Crippen LogP contribution is -2.37. The second kappa shape index (κ2) is 7.21.